The van der Waals surface area contributed by atoms with Crippen molar-refractivity contribution in [2.75, 3.05) is 12.4 Å². The summed E-state index contributed by atoms with van der Waals surface area (Å²) in [5.41, 5.74) is 1.24. The maximum atomic E-state index is 13.5. The molecule has 1 N–H and O–H groups in total. The van der Waals surface area contributed by atoms with Crippen LogP contribution in [0.15, 0.2) is 66.9 Å². The number of amides is 1. The van der Waals surface area contributed by atoms with Crippen molar-refractivity contribution in [2.45, 2.75) is 6.18 Å². The van der Waals surface area contributed by atoms with Gasteiger partial charge in [0.25, 0.3) is 5.91 Å². The highest BCUT2D eigenvalue weighted by Gasteiger charge is 2.34. The summed E-state index contributed by atoms with van der Waals surface area (Å²) in [5, 5.41) is 21.1. The first-order valence-corrected chi connectivity index (χ1v) is 12.3. The second-order valence-electron chi connectivity index (χ2n) is 8.32. The van der Waals surface area contributed by atoms with E-state index in [1.54, 1.807) is 36.4 Å². The van der Waals surface area contributed by atoms with Gasteiger partial charge in [-0.2, -0.15) is 23.7 Å². The van der Waals surface area contributed by atoms with Crippen LogP contribution in [0.25, 0.3) is 32.7 Å². The van der Waals surface area contributed by atoms with Gasteiger partial charge in [-0.15, -0.1) is 0 Å². The first-order chi connectivity index (χ1) is 19.2. The molecule has 3 aromatic heterocycles. The molecule has 2 aromatic carbocycles. The quantitative estimate of drug-likeness (QED) is 0.264. The Labute approximate surface area is 229 Å². The van der Waals surface area contributed by atoms with Crippen LogP contribution in [-0.4, -0.2) is 28.0 Å². The van der Waals surface area contributed by atoms with Crippen LogP contribution in [0.5, 0.6) is 5.75 Å². The molecule has 0 bridgehead atoms. The van der Waals surface area contributed by atoms with Crippen LogP contribution >= 0.6 is 11.3 Å². The van der Waals surface area contributed by atoms with Gasteiger partial charge in [0.1, 0.15) is 21.8 Å². The standard InChI is InChI=1S/C28H15F3N6O2S/c1-39-23-9-4-16(13-33)10-19(23)18-11-24(28(29,30)31)34-14-20(18)25(38)37-27-36-22-8-7-21(35-26(22)40-27)17-5-2-15(12-32)3-6-17/h2-11,14H,1H3,(H,36,37,38). The molecule has 5 aromatic rings. The Balaban J connectivity index is 1.52. The normalized spacial score (nSPS) is 11.1. The molecular formula is C28H15F3N6O2S. The summed E-state index contributed by atoms with van der Waals surface area (Å²) in [4.78, 5) is 26.3. The Morgan fingerprint density at radius 1 is 0.950 bits per heavy atom. The van der Waals surface area contributed by atoms with Crippen molar-refractivity contribution in [2.24, 2.45) is 0 Å². The number of ether oxygens (including phenoxy) is 1. The van der Waals surface area contributed by atoms with Crippen molar-refractivity contribution in [3.8, 4) is 40.3 Å². The lowest BCUT2D eigenvalue weighted by molar-refractivity contribution is -0.141. The third kappa shape index (κ3) is 5.16. The predicted molar refractivity (Wildman–Crippen MR) is 141 cm³/mol. The first kappa shape index (κ1) is 26.3. The van der Waals surface area contributed by atoms with Crippen LogP contribution in [0, 0.1) is 22.7 Å². The fourth-order valence-electron chi connectivity index (χ4n) is 3.91. The average Bonchev–Trinajstić information content (AvgIpc) is 3.37. The van der Waals surface area contributed by atoms with Crippen LogP contribution in [-0.2, 0) is 6.18 Å². The molecule has 8 nitrogen and oxygen atoms in total. The van der Waals surface area contributed by atoms with Crippen molar-refractivity contribution < 1.29 is 22.7 Å². The molecule has 196 valence electrons. The zero-order valence-electron chi connectivity index (χ0n) is 20.4. The molecule has 0 unspecified atom stereocenters. The number of carbonyl (C=O) groups is 1. The smallest absolute Gasteiger partial charge is 0.433 e. The summed E-state index contributed by atoms with van der Waals surface area (Å²) in [7, 11) is 1.33. The minimum absolute atomic E-state index is 0.115. The summed E-state index contributed by atoms with van der Waals surface area (Å²) < 4.78 is 45.9. The van der Waals surface area contributed by atoms with E-state index in [0.29, 0.717) is 21.6 Å². The van der Waals surface area contributed by atoms with Gasteiger partial charge >= 0.3 is 6.18 Å². The van der Waals surface area contributed by atoms with E-state index in [4.69, 9.17) is 10.00 Å². The number of hydrogen-bond acceptors (Lipinski definition) is 8. The van der Waals surface area contributed by atoms with Crippen molar-refractivity contribution in [1.29, 1.82) is 10.5 Å². The third-order valence-corrected chi connectivity index (χ3v) is 6.72. The number of pyridine rings is 2. The summed E-state index contributed by atoms with van der Waals surface area (Å²) in [6.45, 7) is 0. The molecule has 0 saturated heterocycles. The molecule has 0 aliphatic carbocycles. The molecular weight excluding hydrogens is 541 g/mol. The maximum absolute atomic E-state index is 13.5. The molecule has 12 heteroatoms. The number of benzene rings is 2. The Kier molecular flexibility index (Phi) is 6.86. The number of rotatable bonds is 5. The molecule has 0 aliphatic rings. The molecule has 0 spiro atoms. The Morgan fingerprint density at radius 2 is 1.68 bits per heavy atom. The number of alkyl halides is 3. The summed E-state index contributed by atoms with van der Waals surface area (Å²) in [6.07, 6.45) is -3.93. The number of nitrogens with zero attached hydrogens (tertiary/aromatic N) is 5. The van der Waals surface area contributed by atoms with Gasteiger partial charge in [-0.3, -0.25) is 15.1 Å². The van der Waals surface area contributed by atoms with Gasteiger partial charge in [-0.25, -0.2) is 9.97 Å². The van der Waals surface area contributed by atoms with Gasteiger partial charge in [0.2, 0.25) is 0 Å². The molecule has 0 aliphatic heterocycles. The molecule has 5 rings (SSSR count). The number of methoxy groups -OCH3 is 1. The monoisotopic (exact) mass is 556 g/mol. The Bertz CT molecular complexity index is 1850. The highest BCUT2D eigenvalue weighted by molar-refractivity contribution is 7.22. The van der Waals surface area contributed by atoms with E-state index in [0.717, 1.165) is 29.2 Å². The van der Waals surface area contributed by atoms with Gasteiger partial charge < -0.3 is 4.74 Å². The second kappa shape index (κ2) is 10.4. The SMILES string of the molecule is COc1ccc(C#N)cc1-c1cc(C(F)(F)F)ncc1C(=O)Nc1nc2ccc(-c3ccc(C#N)cc3)nc2s1. The van der Waals surface area contributed by atoms with Crippen LogP contribution in [0.3, 0.4) is 0 Å². The van der Waals surface area contributed by atoms with Crippen LogP contribution < -0.4 is 10.1 Å². The number of thiazole rings is 1. The van der Waals surface area contributed by atoms with Crippen molar-refractivity contribution in [3.63, 3.8) is 0 Å². The Hall–Kier alpha value is -5.33. The number of hydrogen-bond donors (Lipinski definition) is 1. The highest BCUT2D eigenvalue weighted by Crippen LogP contribution is 2.37. The number of aromatic nitrogens is 3. The molecule has 0 fully saturated rings. The van der Waals surface area contributed by atoms with Crippen molar-refractivity contribution >= 4 is 32.7 Å². The van der Waals surface area contributed by atoms with Crippen molar-refractivity contribution in [3.05, 3.63) is 89.2 Å². The van der Waals surface area contributed by atoms with Gasteiger partial charge in [0.05, 0.1) is 41.6 Å². The van der Waals surface area contributed by atoms with Gasteiger partial charge in [-0.05, 0) is 48.5 Å². The number of nitriles is 2. The minimum Gasteiger partial charge on any atom is -0.496 e. The minimum atomic E-state index is -4.77. The molecule has 0 saturated carbocycles. The topological polar surface area (TPSA) is 125 Å². The number of carbonyl (C=O) groups excluding carboxylic acids is 1. The number of halogens is 3. The van der Waals surface area contributed by atoms with E-state index >= 15 is 0 Å². The number of anilines is 1. The van der Waals surface area contributed by atoms with Crippen molar-refractivity contribution in [1.82, 2.24) is 15.0 Å². The highest BCUT2D eigenvalue weighted by atomic mass is 32.1. The van der Waals surface area contributed by atoms with E-state index in [1.165, 1.54) is 25.3 Å². The summed E-state index contributed by atoms with van der Waals surface area (Å²) >= 11 is 1.08. The average molecular weight is 557 g/mol. The maximum Gasteiger partial charge on any atom is 0.433 e. The Morgan fingerprint density at radius 3 is 2.35 bits per heavy atom. The van der Waals surface area contributed by atoms with Crippen LogP contribution in [0.1, 0.15) is 27.2 Å². The lowest BCUT2D eigenvalue weighted by Gasteiger charge is -2.15. The van der Waals surface area contributed by atoms with Gasteiger partial charge in [-0.1, -0.05) is 23.5 Å². The number of fused-ring (bicyclic) bond motifs is 1. The zero-order valence-corrected chi connectivity index (χ0v) is 21.3. The molecule has 40 heavy (non-hydrogen) atoms. The summed E-state index contributed by atoms with van der Waals surface area (Å²) in [5.74, 6) is -0.584. The molecule has 0 radical (unpaired) electrons. The van der Waals surface area contributed by atoms with Gasteiger partial charge in [0.15, 0.2) is 5.13 Å². The van der Waals surface area contributed by atoms with E-state index in [1.807, 2.05) is 6.07 Å². The lowest BCUT2D eigenvalue weighted by Crippen LogP contribution is -2.16. The fraction of sp³-hybridized carbons (Fsp3) is 0.0714. The third-order valence-electron chi connectivity index (χ3n) is 5.84. The van der Waals surface area contributed by atoms with E-state index in [9.17, 15) is 23.2 Å². The van der Waals surface area contributed by atoms with Gasteiger partial charge in [0, 0.05) is 22.9 Å². The lowest BCUT2D eigenvalue weighted by atomic mass is 9.97. The summed E-state index contributed by atoms with van der Waals surface area (Å²) in [6, 6.07) is 19.3. The second-order valence-corrected chi connectivity index (χ2v) is 9.30. The van der Waals surface area contributed by atoms with E-state index < -0.39 is 17.8 Å². The first-order valence-electron chi connectivity index (χ1n) is 11.5. The largest absolute Gasteiger partial charge is 0.496 e. The molecule has 3 heterocycles. The number of nitrogens with one attached hydrogen (secondary N) is 1. The van der Waals surface area contributed by atoms with E-state index in [-0.39, 0.29) is 33.1 Å². The molecule has 1 amide bonds. The van der Waals surface area contributed by atoms with E-state index in [2.05, 4.69) is 26.3 Å². The predicted octanol–water partition coefficient (Wildman–Crippen LogP) is 6.44. The zero-order chi connectivity index (χ0) is 28.4. The van der Waals surface area contributed by atoms with Crippen LogP contribution in [0.2, 0.25) is 0 Å². The van der Waals surface area contributed by atoms with Crippen LogP contribution in [0.4, 0.5) is 18.3 Å². The molecule has 0 atom stereocenters. The fourth-order valence-corrected chi connectivity index (χ4v) is 4.75.